The van der Waals surface area contributed by atoms with E-state index in [1.54, 1.807) is 53.6 Å². The smallest absolute Gasteiger partial charge is 0.255 e. The second-order valence-electron chi connectivity index (χ2n) is 6.67. The number of ether oxygens (including phenoxy) is 1. The molecule has 1 amide bonds. The van der Waals surface area contributed by atoms with Crippen molar-refractivity contribution in [2.24, 2.45) is 0 Å². The molecule has 3 aromatic rings. The zero-order chi connectivity index (χ0) is 20.5. The van der Waals surface area contributed by atoms with Gasteiger partial charge in [-0.25, -0.2) is 4.39 Å². The summed E-state index contributed by atoms with van der Waals surface area (Å²) in [6.07, 6.45) is 3.24. The van der Waals surface area contributed by atoms with E-state index in [4.69, 9.17) is 7.80 Å². The molecule has 0 fully saturated rings. The number of nitrogens with zero attached hydrogens (tertiary/aromatic N) is 1. The van der Waals surface area contributed by atoms with Crippen LogP contribution in [0.1, 0.15) is 28.9 Å². The first-order valence-corrected chi connectivity index (χ1v) is 9.79. The number of aromatic nitrogens is 2. The van der Waals surface area contributed by atoms with Crippen molar-refractivity contribution in [3.05, 3.63) is 53.7 Å². The number of fused-ring (bicyclic) bond motifs is 1. The molecule has 0 saturated carbocycles. The van der Waals surface area contributed by atoms with Crippen LogP contribution >= 0.6 is 23.0 Å². The van der Waals surface area contributed by atoms with Crippen molar-refractivity contribution in [2.75, 3.05) is 19.0 Å². The normalized spacial score (nSPS) is 15.4. The Morgan fingerprint density at radius 3 is 2.93 bits per heavy atom. The molecule has 3 N–H and O–H groups in total. The molecule has 0 radical (unpaired) electrons. The first-order chi connectivity index (χ1) is 14.0. The number of pyridine rings is 1. The van der Waals surface area contributed by atoms with E-state index >= 15 is 0 Å². The van der Waals surface area contributed by atoms with Gasteiger partial charge in [0.15, 0.2) is 40.3 Å². The summed E-state index contributed by atoms with van der Waals surface area (Å²) in [6, 6.07) is 6.38. The molecular weight excluding hydrogens is 490 g/mol. The number of hydrogen-bond acceptors (Lipinski definition) is 5. The average Bonchev–Trinajstić information content (AvgIpc) is 3.11. The Kier molecular flexibility index (Phi) is 5.31. The summed E-state index contributed by atoms with van der Waals surface area (Å²) in [7, 11) is 1.40. The molecule has 0 spiro atoms. The predicted octanol–water partition coefficient (Wildman–Crippen LogP) is 4.54. The lowest BCUT2D eigenvalue weighted by Gasteiger charge is -2.20. The monoisotopic (exact) mass is 508 g/mol. The van der Waals surface area contributed by atoms with Gasteiger partial charge in [0.25, 0.3) is 5.91 Å². The van der Waals surface area contributed by atoms with Crippen LogP contribution in [-0.2, 0) is 0 Å². The first-order valence-electron chi connectivity index (χ1n) is 8.91. The Hall–Kier alpha value is -2.82. The number of hydrogen-bond donors (Lipinski definition) is 3. The van der Waals surface area contributed by atoms with E-state index in [1.165, 1.54) is 13.2 Å². The van der Waals surface area contributed by atoms with Crippen LogP contribution in [0, 0.1) is 5.82 Å². The fourth-order valence-corrected chi connectivity index (χ4v) is 3.84. The Morgan fingerprint density at radius 2 is 2.17 bits per heavy atom. The van der Waals surface area contributed by atoms with Gasteiger partial charge in [-0.15, -0.1) is 0 Å². The molecule has 1 aromatic carbocycles. The minimum atomic E-state index is -0.499. The molecule has 1 atom stereocenters. The lowest BCUT2D eigenvalue weighted by Crippen LogP contribution is -2.33. The van der Waals surface area contributed by atoms with Crippen LogP contribution in [0.25, 0.3) is 11.3 Å². The summed E-state index contributed by atoms with van der Waals surface area (Å²) in [6.45, 7) is 2.55. The quantitative estimate of drug-likeness (QED) is 0.441. The van der Waals surface area contributed by atoms with E-state index < -0.39 is 5.82 Å². The van der Waals surface area contributed by atoms with Gasteiger partial charge in [-0.1, -0.05) is 13.0 Å². The Balaban J connectivity index is 1.95. The molecular formula is C20H18FIN4O3. The number of halogens is 2. The summed E-state index contributed by atoms with van der Waals surface area (Å²) in [4.78, 5) is 20.2. The summed E-state index contributed by atoms with van der Waals surface area (Å²) in [5, 5.41) is 6.10. The van der Waals surface area contributed by atoms with Crippen molar-refractivity contribution in [1.82, 2.24) is 15.3 Å². The van der Waals surface area contributed by atoms with Crippen LogP contribution in [0.3, 0.4) is 0 Å². The summed E-state index contributed by atoms with van der Waals surface area (Å²) in [5.74, 6) is -0.0186. The third-order valence-electron chi connectivity index (χ3n) is 4.89. The lowest BCUT2D eigenvalue weighted by molar-refractivity contribution is 0.0942. The highest BCUT2D eigenvalue weighted by Gasteiger charge is 2.32. The van der Waals surface area contributed by atoms with Gasteiger partial charge in [0.05, 0.1) is 35.9 Å². The highest BCUT2D eigenvalue weighted by Crippen LogP contribution is 2.43. The van der Waals surface area contributed by atoms with Crippen LogP contribution in [-0.4, -0.2) is 29.5 Å². The number of aromatic amines is 1. The van der Waals surface area contributed by atoms with E-state index in [0.29, 0.717) is 34.9 Å². The molecule has 1 aliphatic rings. The minimum Gasteiger partial charge on any atom is -0.492 e. The van der Waals surface area contributed by atoms with E-state index in [2.05, 4.69) is 20.6 Å². The molecule has 1 aliphatic heterocycles. The molecule has 0 bridgehead atoms. The van der Waals surface area contributed by atoms with Gasteiger partial charge in [-0.2, -0.15) is 0 Å². The van der Waals surface area contributed by atoms with Gasteiger partial charge in [0.2, 0.25) is 0 Å². The van der Waals surface area contributed by atoms with Crippen LogP contribution in [0.5, 0.6) is 11.5 Å². The van der Waals surface area contributed by atoms with Crippen molar-refractivity contribution >= 4 is 40.3 Å². The maximum absolute atomic E-state index is 14.2. The molecule has 0 saturated heterocycles. The SMILES string of the molecule is COc1c(F)cccc1Nc1c(-c2ccncc2OI)[nH]c2c1C(=O)NC[C@@H]2C. The highest BCUT2D eigenvalue weighted by molar-refractivity contribution is 14.1. The Morgan fingerprint density at radius 1 is 1.34 bits per heavy atom. The molecule has 0 unspecified atom stereocenters. The number of methoxy groups -OCH3 is 1. The van der Waals surface area contributed by atoms with Crippen LogP contribution in [0.15, 0.2) is 36.7 Å². The highest BCUT2D eigenvalue weighted by atomic mass is 127. The van der Waals surface area contributed by atoms with Crippen molar-refractivity contribution in [3.8, 4) is 22.8 Å². The van der Waals surface area contributed by atoms with Crippen LogP contribution in [0.4, 0.5) is 15.8 Å². The zero-order valence-corrected chi connectivity index (χ0v) is 17.8. The summed E-state index contributed by atoms with van der Waals surface area (Å²) < 4.78 is 24.9. The maximum atomic E-state index is 14.2. The van der Waals surface area contributed by atoms with E-state index in [0.717, 1.165) is 11.3 Å². The van der Waals surface area contributed by atoms with E-state index in [-0.39, 0.29) is 17.6 Å². The second-order valence-corrected chi connectivity index (χ2v) is 7.11. The number of carbonyl (C=O) groups is 1. The minimum absolute atomic E-state index is 0.0674. The largest absolute Gasteiger partial charge is 0.492 e. The molecule has 0 aliphatic carbocycles. The molecule has 2 aromatic heterocycles. The van der Waals surface area contributed by atoms with Crippen molar-refractivity contribution < 1.29 is 17.0 Å². The van der Waals surface area contributed by atoms with E-state index in [9.17, 15) is 9.18 Å². The average molecular weight is 508 g/mol. The number of H-pyrrole nitrogens is 1. The van der Waals surface area contributed by atoms with Gasteiger partial charge < -0.3 is 23.4 Å². The molecule has 3 heterocycles. The number of benzene rings is 1. The van der Waals surface area contributed by atoms with Crippen molar-refractivity contribution in [1.29, 1.82) is 0 Å². The zero-order valence-electron chi connectivity index (χ0n) is 15.7. The number of rotatable bonds is 5. The molecule has 29 heavy (non-hydrogen) atoms. The molecule has 7 nitrogen and oxygen atoms in total. The third-order valence-corrected chi connectivity index (χ3v) is 5.36. The standard InChI is InChI=1S/C20H18FIN4O3/c1-10-8-24-20(27)15-16(10)26-17(11-6-7-23-9-14(11)29-22)18(15)25-13-5-3-4-12(21)19(13)28-2/h3-7,9-10,25-26H,8H2,1-2H3,(H,24,27)/t10-/m0/s1. The number of para-hydroxylation sites is 1. The number of anilines is 2. The number of nitrogens with one attached hydrogen (secondary N) is 3. The topological polar surface area (TPSA) is 88.3 Å². The Labute approximate surface area is 180 Å². The van der Waals surface area contributed by atoms with Crippen LogP contribution in [0.2, 0.25) is 0 Å². The third kappa shape index (κ3) is 3.39. The van der Waals surface area contributed by atoms with Crippen molar-refractivity contribution in [2.45, 2.75) is 12.8 Å². The number of amides is 1. The van der Waals surface area contributed by atoms with Gasteiger partial charge in [0, 0.05) is 29.9 Å². The lowest BCUT2D eigenvalue weighted by atomic mass is 9.98. The van der Waals surface area contributed by atoms with Gasteiger partial charge in [-0.05, 0) is 18.2 Å². The van der Waals surface area contributed by atoms with E-state index in [1.807, 2.05) is 6.92 Å². The van der Waals surface area contributed by atoms with Gasteiger partial charge in [0.1, 0.15) is 0 Å². The number of carbonyl (C=O) groups excluding carboxylic acids is 1. The fourth-order valence-electron chi connectivity index (χ4n) is 3.49. The predicted molar refractivity (Wildman–Crippen MR) is 116 cm³/mol. The molecule has 9 heteroatoms. The maximum Gasteiger partial charge on any atom is 0.255 e. The molecule has 150 valence electrons. The van der Waals surface area contributed by atoms with Crippen LogP contribution < -0.4 is 18.4 Å². The fraction of sp³-hybridized carbons (Fsp3) is 0.200. The van der Waals surface area contributed by atoms with Gasteiger partial charge in [-0.3, -0.25) is 9.78 Å². The molecule has 4 rings (SSSR count). The summed E-state index contributed by atoms with van der Waals surface area (Å²) in [5.41, 5.74) is 3.60. The van der Waals surface area contributed by atoms with Gasteiger partial charge >= 0.3 is 0 Å². The second kappa shape index (κ2) is 7.90. The first kappa shape index (κ1) is 19.5. The van der Waals surface area contributed by atoms with Crippen molar-refractivity contribution in [3.63, 3.8) is 0 Å². The Bertz CT molecular complexity index is 1090. The summed E-state index contributed by atoms with van der Waals surface area (Å²) >= 11 is 1.79.